The zero-order valence-corrected chi connectivity index (χ0v) is 13.5. The zero-order valence-electron chi connectivity index (χ0n) is 12.7. The van der Waals surface area contributed by atoms with Crippen LogP contribution >= 0.6 is 0 Å². The van der Waals surface area contributed by atoms with Crippen LogP contribution in [0.2, 0.25) is 0 Å². The predicted molar refractivity (Wildman–Crippen MR) is 80.8 cm³/mol. The van der Waals surface area contributed by atoms with Crippen molar-refractivity contribution >= 4 is 10.2 Å². The second-order valence-corrected chi connectivity index (χ2v) is 8.06. The first-order valence-corrected chi connectivity index (χ1v) is 9.04. The summed E-state index contributed by atoms with van der Waals surface area (Å²) in [5.74, 6) is 0.472. The molecule has 0 amide bonds. The lowest BCUT2D eigenvalue weighted by Crippen LogP contribution is -2.50. The summed E-state index contributed by atoms with van der Waals surface area (Å²) in [5.41, 5.74) is 0. The topological polar surface area (TPSA) is 55.9 Å². The Morgan fingerprint density at radius 2 is 1.95 bits per heavy atom. The van der Waals surface area contributed by atoms with Crippen LogP contribution in [0.3, 0.4) is 0 Å². The molecule has 2 aliphatic heterocycles. The first kappa shape index (κ1) is 16.2. The summed E-state index contributed by atoms with van der Waals surface area (Å²) in [6, 6.07) is 0. The molecule has 0 bridgehead atoms. The molecule has 0 aliphatic carbocycles. The second-order valence-electron chi connectivity index (χ2n) is 6.03. The molecule has 6 nitrogen and oxygen atoms in total. The van der Waals surface area contributed by atoms with Crippen LogP contribution in [0.4, 0.5) is 0 Å². The van der Waals surface area contributed by atoms with E-state index in [-0.39, 0.29) is 0 Å². The summed E-state index contributed by atoms with van der Waals surface area (Å²) in [6.45, 7) is 8.88. The molecule has 1 N–H and O–H groups in total. The number of rotatable bonds is 5. The minimum Gasteiger partial charge on any atom is -0.314 e. The Bertz CT molecular complexity index is 395. The van der Waals surface area contributed by atoms with Gasteiger partial charge in [-0.05, 0) is 18.8 Å². The van der Waals surface area contributed by atoms with Crippen molar-refractivity contribution in [1.82, 2.24) is 18.8 Å². The van der Waals surface area contributed by atoms with Crippen molar-refractivity contribution in [2.45, 2.75) is 19.8 Å². The van der Waals surface area contributed by atoms with Crippen molar-refractivity contribution in [2.24, 2.45) is 5.92 Å². The number of hydrogen-bond donors (Lipinski definition) is 1. The van der Waals surface area contributed by atoms with Crippen molar-refractivity contribution in [3.8, 4) is 0 Å². The van der Waals surface area contributed by atoms with Crippen LogP contribution in [0.25, 0.3) is 0 Å². The molecular formula is C13H28N4O2S. The van der Waals surface area contributed by atoms with Crippen LogP contribution in [0.5, 0.6) is 0 Å². The molecule has 0 aromatic rings. The number of likely N-dealkylation sites (N-methyl/N-ethyl adjacent to an activating group) is 1. The molecule has 1 unspecified atom stereocenters. The maximum absolute atomic E-state index is 12.5. The van der Waals surface area contributed by atoms with E-state index in [1.807, 2.05) is 0 Å². The molecule has 2 fully saturated rings. The number of piperazine rings is 1. The van der Waals surface area contributed by atoms with Gasteiger partial charge in [0.1, 0.15) is 0 Å². The van der Waals surface area contributed by atoms with E-state index in [9.17, 15) is 8.42 Å². The van der Waals surface area contributed by atoms with Gasteiger partial charge in [0.25, 0.3) is 10.2 Å². The minimum atomic E-state index is -3.27. The van der Waals surface area contributed by atoms with Crippen molar-refractivity contribution < 1.29 is 8.42 Å². The lowest BCUT2D eigenvalue weighted by molar-refractivity contribution is 0.220. The third-order valence-corrected chi connectivity index (χ3v) is 6.24. The summed E-state index contributed by atoms with van der Waals surface area (Å²) in [5, 5.41) is 3.31. The third kappa shape index (κ3) is 4.14. The molecule has 2 saturated heterocycles. The molecule has 0 spiro atoms. The molecule has 2 rings (SSSR count). The minimum absolute atomic E-state index is 0.472. The van der Waals surface area contributed by atoms with E-state index < -0.39 is 10.2 Å². The third-order valence-electron chi connectivity index (χ3n) is 4.28. The zero-order chi connectivity index (χ0) is 14.6. The standard InChI is InChI=1S/C13H28N4O2S/c1-13-4-3-7-17(12-13)20(18,19)15(2)10-11-16-8-5-14-6-9-16/h13-14H,3-12H2,1-2H3. The Morgan fingerprint density at radius 3 is 2.60 bits per heavy atom. The first-order valence-electron chi connectivity index (χ1n) is 7.64. The molecular weight excluding hydrogens is 276 g/mol. The smallest absolute Gasteiger partial charge is 0.281 e. The average molecular weight is 304 g/mol. The highest BCUT2D eigenvalue weighted by atomic mass is 32.2. The summed E-state index contributed by atoms with van der Waals surface area (Å²) >= 11 is 0. The number of hydrogen-bond acceptors (Lipinski definition) is 4. The molecule has 0 aromatic heterocycles. The fourth-order valence-corrected chi connectivity index (χ4v) is 4.39. The maximum Gasteiger partial charge on any atom is 0.281 e. The van der Waals surface area contributed by atoms with Crippen LogP contribution in [-0.2, 0) is 10.2 Å². The van der Waals surface area contributed by atoms with E-state index in [0.29, 0.717) is 25.6 Å². The Balaban J connectivity index is 1.84. The van der Waals surface area contributed by atoms with Gasteiger partial charge in [0, 0.05) is 59.4 Å². The molecule has 2 aliphatic rings. The van der Waals surface area contributed by atoms with Crippen molar-refractivity contribution in [3.63, 3.8) is 0 Å². The summed E-state index contributed by atoms with van der Waals surface area (Å²) in [4.78, 5) is 2.32. The van der Waals surface area contributed by atoms with E-state index in [1.165, 1.54) is 4.31 Å². The number of nitrogens with zero attached hydrogens (tertiary/aromatic N) is 3. The lowest BCUT2D eigenvalue weighted by atomic mass is 10.0. The van der Waals surface area contributed by atoms with Gasteiger partial charge >= 0.3 is 0 Å². The van der Waals surface area contributed by atoms with Crippen LogP contribution < -0.4 is 5.32 Å². The Kier molecular flexibility index (Phi) is 5.80. The van der Waals surface area contributed by atoms with Gasteiger partial charge < -0.3 is 5.32 Å². The Morgan fingerprint density at radius 1 is 1.25 bits per heavy atom. The quantitative estimate of drug-likeness (QED) is 0.764. The number of nitrogens with one attached hydrogen (secondary N) is 1. The van der Waals surface area contributed by atoms with Gasteiger partial charge in [-0.15, -0.1) is 0 Å². The Labute approximate surface area is 123 Å². The molecule has 118 valence electrons. The van der Waals surface area contributed by atoms with Gasteiger partial charge in [0.2, 0.25) is 0 Å². The van der Waals surface area contributed by atoms with Crippen molar-refractivity contribution in [2.75, 3.05) is 59.4 Å². The predicted octanol–water partition coefficient (Wildman–Crippen LogP) is -0.200. The van der Waals surface area contributed by atoms with Crippen molar-refractivity contribution in [3.05, 3.63) is 0 Å². The van der Waals surface area contributed by atoms with Gasteiger partial charge in [0.15, 0.2) is 0 Å². The van der Waals surface area contributed by atoms with Gasteiger partial charge in [-0.3, -0.25) is 4.90 Å². The van der Waals surface area contributed by atoms with E-state index in [0.717, 1.165) is 45.6 Å². The highest BCUT2D eigenvalue weighted by Crippen LogP contribution is 2.19. The van der Waals surface area contributed by atoms with Gasteiger partial charge in [-0.2, -0.15) is 17.0 Å². The fraction of sp³-hybridized carbons (Fsp3) is 1.00. The monoisotopic (exact) mass is 304 g/mol. The van der Waals surface area contributed by atoms with E-state index >= 15 is 0 Å². The van der Waals surface area contributed by atoms with E-state index in [4.69, 9.17) is 0 Å². The highest BCUT2D eigenvalue weighted by molar-refractivity contribution is 7.86. The first-order chi connectivity index (χ1) is 9.50. The lowest BCUT2D eigenvalue weighted by Gasteiger charge is -2.34. The summed E-state index contributed by atoms with van der Waals surface area (Å²) in [6.07, 6.45) is 2.11. The fourth-order valence-electron chi connectivity index (χ4n) is 2.89. The number of piperidine rings is 1. The molecule has 2 heterocycles. The molecule has 0 saturated carbocycles. The van der Waals surface area contributed by atoms with Crippen LogP contribution in [0.15, 0.2) is 0 Å². The van der Waals surface area contributed by atoms with E-state index in [1.54, 1.807) is 11.4 Å². The van der Waals surface area contributed by atoms with Crippen LogP contribution in [-0.4, -0.2) is 81.3 Å². The van der Waals surface area contributed by atoms with E-state index in [2.05, 4.69) is 17.1 Å². The van der Waals surface area contributed by atoms with Crippen molar-refractivity contribution in [1.29, 1.82) is 0 Å². The molecule has 7 heteroatoms. The van der Waals surface area contributed by atoms with Crippen LogP contribution in [0.1, 0.15) is 19.8 Å². The highest BCUT2D eigenvalue weighted by Gasteiger charge is 2.30. The Hall–Kier alpha value is -0.210. The molecule has 20 heavy (non-hydrogen) atoms. The normalized spacial score (nSPS) is 27.1. The molecule has 0 aromatic carbocycles. The maximum atomic E-state index is 12.5. The van der Waals surface area contributed by atoms with Crippen LogP contribution in [0, 0.1) is 5.92 Å². The van der Waals surface area contributed by atoms with Gasteiger partial charge in [-0.25, -0.2) is 0 Å². The van der Waals surface area contributed by atoms with Gasteiger partial charge in [-0.1, -0.05) is 6.92 Å². The molecule has 0 radical (unpaired) electrons. The average Bonchev–Trinajstić information content (AvgIpc) is 2.45. The SMILES string of the molecule is CC1CCCN(S(=O)(=O)N(C)CCN2CCNCC2)C1. The second kappa shape index (κ2) is 7.17. The van der Waals surface area contributed by atoms with Gasteiger partial charge in [0.05, 0.1) is 0 Å². The summed E-state index contributed by atoms with van der Waals surface area (Å²) in [7, 11) is -1.57. The summed E-state index contributed by atoms with van der Waals surface area (Å²) < 4.78 is 28.2. The largest absolute Gasteiger partial charge is 0.314 e. The molecule has 1 atom stereocenters.